The van der Waals surface area contributed by atoms with Gasteiger partial charge in [-0.15, -0.1) is 0 Å². The number of carbonyl (C=O) groups is 1. The number of amides is 1. The van der Waals surface area contributed by atoms with Crippen LogP contribution in [0.3, 0.4) is 0 Å². The van der Waals surface area contributed by atoms with Crippen molar-refractivity contribution in [1.82, 2.24) is 16.0 Å². The van der Waals surface area contributed by atoms with Gasteiger partial charge in [-0.1, -0.05) is 38.3 Å². The van der Waals surface area contributed by atoms with Gasteiger partial charge in [0.2, 0.25) is 0 Å². The Morgan fingerprint density at radius 3 is 2.63 bits per heavy atom. The van der Waals surface area contributed by atoms with Crippen molar-refractivity contribution in [3.8, 4) is 0 Å². The summed E-state index contributed by atoms with van der Waals surface area (Å²) in [5, 5.41) is 19.4. The molecule has 0 bridgehead atoms. The van der Waals surface area contributed by atoms with Gasteiger partial charge in [0.25, 0.3) is 5.91 Å². The average Bonchev–Trinajstić information content (AvgIpc) is 2.76. The molecule has 0 heterocycles. The second kappa shape index (κ2) is 12.6. The van der Waals surface area contributed by atoms with Crippen LogP contribution in [0.15, 0.2) is 29.3 Å². The lowest BCUT2D eigenvalue weighted by Gasteiger charge is -2.37. The minimum absolute atomic E-state index is 0.0385. The first-order valence-corrected chi connectivity index (χ1v) is 11.5. The number of nitrogens with zero attached hydrogens (tertiary/aromatic N) is 1. The minimum Gasteiger partial charge on any atom is -0.396 e. The molecular formula is C24H40N4O2. The molecule has 1 amide bonds. The van der Waals surface area contributed by atoms with Crippen LogP contribution in [0.5, 0.6) is 0 Å². The smallest absolute Gasteiger partial charge is 0.251 e. The van der Waals surface area contributed by atoms with Gasteiger partial charge in [-0.05, 0) is 62.6 Å². The SMILES string of the molecule is CCNC(=NCc1cccc(C(=O)NC(C)CC)c1)NCC1(CCO)CCCCC1. The van der Waals surface area contributed by atoms with Crippen molar-refractivity contribution in [3.05, 3.63) is 35.4 Å². The monoisotopic (exact) mass is 416 g/mol. The zero-order valence-electron chi connectivity index (χ0n) is 19.0. The first kappa shape index (κ1) is 24.2. The number of carbonyl (C=O) groups excluding carboxylic acids is 1. The summed E-state index contributed by atoms with van der Waals surface area (Å²) in [4.78, 5) is 17.1. The van der Waals surface area contributed by atoms with Crippen LogP contribution in [-0.2, 0) is 6.54 Å². The predicted molar refractivity (Wildman–Crippen MR) is 124 cm³/mol. The molecule has 30 heavy (non-hydrogen) atoms. The molecule has 1 unspecified atom stereocenters. The Labute approximate surface area is 181 Å². The van der Waals surface area contributed by atoms with E-state index in [-0.39, 0.29) is 24.0 Å². The van der Waals surface area contributed by atoms with Gasteiger partial charge in [-0.3, -0.25) is 4.79 Å². The van der Waals surface area contributed by atoms with E-state index < -0.39 is 0 Å². The average molecular weight is 417 g/mol. The summed E-state index contributed by atoms with van der Waals surface area (Å²) in [5.74, 6) is 0.748. The lowest BCUT2D eigenvalue weighted by Crippen LogP contribution is -2.44. The molecule has 0 aromatic heterocycles. The van der Waals surface area contributed by atoms with Crippen molar-refractivity contribution >= 4 is 11.9 Å². The van der Waals surface area contributed by atoms with Gasteiger partial charge in [-0.2, -0.15) is 0 Å². The highest BCUT2D eigenvalue weighted by Gasteiger charge is 2.31. The molecule has 4 N–H and O–H groups in total. The van der Waals surface area contributed by atoms with Gasteiger partial charge in [0.1, 0.15) is 0 Å². The maximum absolute atomic E-state index is 12.4. The Morgan fingerprint density at radius 1 is 1.20 bits per heavy atom. The molecule has 0 aliphatic heterocycles. The first-order chi connectivity index (χ1) is 14.5. The Bertz CT molecular complexity index is 678. The van der Waals surface area contributed by atoms with E-state index in [9.17, 15) is 9.90 Å². The lowest BCUT2D eigenvalue weighted by atomic mass is 9.72. The van der Waals surface area contributed by atoms with Gasteiger partial charge in [0.05, 0.1) is 6.54 Å². The van der Waals surface area contributed by atoms with Crippen molar-refractivity contribution in [1.29, 1.82) is 0 Å². The van der Waals surface area contributed by atoms with Gasteiger partial charge in [0, 0.05) is 31.3 Å². The topological polar surface area (TPSA) is 85.8 Å². The van der Waals surface area contributed by atoms with Crippen molar-refractivity contribution in [2.75, 3.05) is 19.7 Å². The summed E-state index contributed by atoms with van der Waals surface area (Å²) in [5.41, 5.74) is 1.84. The second-order valence-corrected chi connectivity index (χ2v) is 8.57. The standard InChI is InChI=1S/C24H40N4O2/c1-4-19(3)28-22(30)21-11-9-10-20(16-21)17-26-23(25-5-2)27-18-24(14-15-29)12-7-6-8-13-24/h9-11,16,19,29H,4-8,12-15,17-18H2,1-3H3,(H,28,30)(H2,25,26,27). The Kier molecular flexibility index (Phi) is 10.1. The third-order valence-corrected chi connectivity index (χ3v) is 6.13. The third-order valence-electron chi connectivity index (χ3n) is 6.13. The quantitative estimate of drug-likeness (QED) is 0.347. The van der Waals surface area contributed by atoms with Gasteiger partial charge in [-0.25, -0.2) is 4.99 Å². The number of hydrogen-bond donors (Lipinski definition) is 4. The summed E-state index contributed by atoms with van der Waals surface area (Å²) in [6.07, 6.45) is 7.84. The highest BCUT2D eigenvalue weighted by Crippen LogP contribution is 2.38. The zero-order chi connectivity index (χ0) is 21.8. The van der Waals surface area contributed by atoms with E-state index in [2.05, 4.69) is 29.8 Å². The lowest BCUT2D eigenvalue weighted by molar-refractivity contribution is 0.0939. The molecule has 1 atom stereocenters. The molecule has 1 fully saturated rings. The third kappa shape index (κ3) is 7.63. The van der Waals surface area contributed by atoms with Crippen molar-refractivity contribution in [2.24, 2.45) is 10.4 Å². The first-order valence-electron chi connectivity index (χ1n) is 11.5. The second-order valence-electron chi connectivity index (χ2n) is 8.57. The number of hydrogen-bond acceptors (Lipinski definition) is 3. The van der Waals surface area contributed by atoms with Crippen LogP contribution in [0.1, 0.15) is 81.6 Å². The van der Waals surface area contributed by atoms with Crippen LogP contribution in [0.4, 0.5) is 0 Å². The highest BCUT2D eigenvalue weighted by molar-refractivity contribution is 5.94. The van der Waals surface area contributed by atoms with Crippen LogP contribution >= 0.6 is 0 Å². The molecule has 6 nitrogen and oxygen atoms in total. The fourth-order valence-corrected chi connectivity index (χ4v) is 4.06. The molecule has 1 aromatic rings. The minimum atomic E-state index is -0.0385. The summed E-state index contributed by atoms with van der Waals surface area (Å²) in [6, 6.07) is 7.83. The van der Waals surface area contributed by atoms with Crippen LogP contribution in [0.2, 0.25) is 0 Å². The maximum atomic E-state index is 12.4. The van der Waals surface area contributed by atoms with E-state index in [1.54, 1.807) is 0 Å². The van der Waals surface area contributed by atoms with Gasteiger partial charge < -0.3 is 21.1 Å². The predicted octanol–water partition coefficient (Wildman–Crippen LogP) is 3.60. The number of aliphatic imine (C=N–C) groups is 1. The number of rotatable bonds is 10. The van der Waals surface area contributed by atoms with E-state index in [1.807, 2.05) is 31.2 Å². The van der Waals surface area contributed by atoms with Gasteiger partial charge >= 0.3 is 0 Å². The summed E-state index contributed by atoms with van der Waals surface area (Å²) >= 11 is 0. The molecule has 1 aliphatic carbocycles. The number of aliphatic hydroxyl groups excluding tert-OH is 1. The largest absolute Gasteiger partial charge is 0.396 e. The Morgan fingerprint density at radius 2 is 1.97 bits per heavy atom. The number of aliphatic hydroxyl groups is 1. The Hall–Kier alpha value is -2.08. The van der Waals surface area contributed by atoms with Crippen molar-refractivity contribution in [2.45, 2.75) is 78.3 Å². The number of nitrogens with one attached hydrogen (secondary N) is 3. The van der Waals surface area contributed by atoms with E-state index >= 15 is 0 Å². The normalized spacial score (nSPS) is 17.3. The van der Waals surface area contributed by atoms with E-state index in [0.29, 0.717) is 12.1 Å². The summed E-state index contributed by atoms with van der Waals surface area (Å²) < 4.78 is 0. The fourth-order valence-electron chi connectivity index (χ4n) is 4.06. The van der Waals surface area contributed by atoms with Crippen molar-refractivity contribution < 1.29 is 9.90 Å². The molecule has 1 aromatic carbocycles. The molecule has 0 spiro atoms. The number of benzene rings is 1. The van der Waals surface area contributed by atoms with E-state index in [4.69, 9.17) is 4.99 Å². The van der Waals surface area contributed by atoms with Crippen LogP contribution in [-0.4, -0.2) is 42.7 Å². The summed E-state index contributed by atoms with van der Waals surface area (Å²) in [6.45, 7) is 8.49. The van der Waals surface area contributed by atoms with E-state index in [0.717, 1.165) is 50.3 Å². The van der Waals surface area contributed by atoms with Crippen LogP contribution < -0.4 is 16.0 Å². The Balaban J connectivity index is 2.01. The fraction of sp³-hybridized carbons (Fsp3) is 0.667. The molecule has 168 valence electrons. The molecule has 2 rings (SSSR count). The van der Waals surface area contributed by atoms with Crippen molar-refractivity contribution in [3.63, 3.8) is 0 Å². The molecule has 0 saturated heterocycles. The molecule has 1 aliphatic rings. The number of guanidine groups is 1. The van der Waals surface area contributed by atoms with Gasteiger partial charge in [0.15, 0.2) is 5.96 Å². The molecule has 1 saturated carbocycles. The maximum Gasteiger partial charge on any atom is 0.251 e. The molecule has 0 radical (unpaired) electrons. The van der Waals surface area contributed by atoms with E-state index in [1.165, 1.54) is 19.3 Å². The van der Waals surface area contributed by atoms with Crippen LogP contribution in [0.25, 0.3) is 0 Å². The summed E-state index contributed by atoms with van der Waals surface area (Å²) in [7, 11) is 0. The molecular weight excluding hydrogens is 376 g/mol. The van der Waals surface area contributed by atoms with Crippen LogP contribution in [0, 0.1) is 5.41 Å². The molecule has 6 heteroatoms. The zero-order valence-corrected chi connectivity index (χ0v) is 19.0. The highest BCUT2D eigenvalue weighted by atomic mass is 16.3.